The SMILES string of the molecule is COc1ncc(C(NN)c2ccc(C)c(Br)c2)cn1. The minimum atomic E-state index is -0.164. The summed E-state index contributed by atoms with van der Waals surface area (Å²) in [6, 6.07) is 6.26. The van der Waals surface area contributed by atoms with Gasteiger partial charge in [-0.15, -0.1) is 0 Å². The molecule has 5 nitrogen and oxygen atoms in total. The maximum absolute atomic E-state index is 5.64. The zero-order valence-electron chi connectivity index (χ0n) is 10.7. The minimum Gasteiger partial charge on any atom is -0.467 e. The molecule has 3 N–H and O–H groups in total. The number of aromatic nitrogens is 2. The Morgan fingerprint density at radius 1 is 1.26 bits per heavy atom. The van der Waals surface area contributed by atoms with Crippen LogP contribution in [0.5, 0.6) is 6.01 Å². The van der Waals surface area contributed by atoms with Crippen molar-refractivity contribution in [3.63, 3.8) is 0 Å². The molecule has 0 bridgehead atoms. The van der Waals surface area contributed by atoms with E-state index >= 15 is 0 Å². The van der Waals surface area contributed by atoms with Gasteiger partial charge in [0.05, 0.1) is 13.2 Å². The zero-order valence-corrected chi connectivity index (χ0v) is 12.3. The molecular formula is C13H15BrN4O. The van der Waals surface area contributed by atoms with E-state index in [9.17, 15) is 0 Å². The van der Waals surface area contributed by atoms with Gasteiger partial charge >= 0.3 is 6.01 Å². The highest BCUT2D eigenvalue weighted by molar-refractivity contribution is 9.10. The standard InChI is InChI=1S/C13H15BrN4O/c1-8-3-4-9(5-11(8)14)12(18-15)10-6-16-13(19-2)17-7-10/h3-7,12,18H,15H2,1-2H3. The lowest BCUT2D eigenvalue weighted by atomic mass is 10.0. The van der Waals surface area contributed by atoms with Gasteiger partial charge < -0.3 is 4.74 Å². The second-order valence-corrected chi connectivity index (χ2v) is 4.97. The number of hydrogen-bond acceptors (Lipinski definition) is 5. The topological polar surface area (TPSA) is 73.1 Å². The summed E-state index contributed by atoms with van der Waals surface area (Å²) in [5, 5.41) is 0. The van der Waals surface area contributed by atoms with Crippen LogP contribution in [0.1, 0.15) is 22.7 Å². The van der Waals surface area contributed by atoms with Crippen LogP contribution in [0, 0.1) is 6.92 Å². The van der Waals surface area contributed by atoms with Crippen molar-refractivity contribution in [1.29, 1.82) is 0 Å². The zero-order chi connectivity index (χ0) is 13.8. The van der Waals surface area contributed by atoms with Crippen molar-refractivity contribution in [2.75, 3.05) is 7.11 Å². The first-order valence-electron chi connectivity index (χ1n) is 5.74. The normalized spacial score (nSPS) is 12.2. The van der Waals surface area contributed by atoms with Crippen molar-refractivity contribution in [3.05, 3.63) is 51.8 Å². The summed E-state index contributed by atoms with van der Waals surface area (Å²) in [7, 11) is 1.53. The molecule has 2 aromatic rings. The number of benzene rings is 1. The molecule has 100 valence electrons. The first-order chi connectivity index (χ1) is 9.15. The quantitative estimate of drug-likeness (QED) is 0.666. The van der Waals surface area contributed by atoms with E-state index in [1.54, 1.807) is 12.4 Å². The molecule has 1 aromatic heterocycles. The van der Waals surface area contributed by atoms with Gasteiger partial charge in [-0.3, -0.25) is 5.84 Å². The number of nitrogens with one attached hydrogen (secondary N) is 1. The van der Waals surface area contributed by atoms with Crippen molar-refractivity contribution in [3.8, 4) is 6.01 Å². The second-order valence-electron chi connectivity index (χ2n) is 4.11. The van der Waals surface area contributed by atoms with E-state index in [1.807, 2.05) is 25.1 Å². The number of rotatable bonds is 4. The van der Waals surface area contributed by atoms with Gasteiger partial charge in [-0.2, -0.15) is 0 Å². The smallest absolute Gasteiger partial charge is 0.316 e. The molecule has 2 rings (SSSR count). The van der Waals surface area contributed by atoms with Crippen molar-refractivity contribution < 1.29 is 4.74 Å². The first kappa shape index (κ1) is 13.9. The molecule has 0 saturated heterocycles. The summed E-state index contributed by atoms with van der Waals surface area (Å²) in [6.07, 6.45) is 3.40. The van der Waals surface area contributed by atoms with Crippen LogP contribution in [-0.2, 0) is 0 Å². The third-order valence-electron chi connectivity index (χ3n) is 2.86. The summed E-state index contributed by atoms with van der Waals surface area (Å²) >= 11 is 3.52. The molecule has 19 heavy (non-hydrogen) atoms. The van der Waals surface area contributed by atoms with E-state index in [1.165, 1.54) is 12.7 Å². The van der Waals surface area contributed by atoms with Crippen LogP contribution in [0.25, 0.3) is 0 Å². The van der Waals surface area contributed by atoms with Crippen LogP contribution in [0.3, 0.4) is 0 Å². The van der Waals surface area contributed by atoms with Crippen LogP contribution < -0.4 is 16.0 Å². The molecule has 0 aliphatic heterocycles. The van der Waals surface area contributed by atoms with Crippen LogP contribution in [0.4, 0.5) is 0 Å². The number of aryl methyl sites for hydroxylation is 1. The Kier molecular flexibility index (Phi) is 4.47. The number of hydrogen-bond donors (Lipinski definition) is 2. The number of nitrogens with two attached hydrogens (primary N) is 1. The molecule has 1 atom stereocenters. The van der Waals surface area contributed by atoms with Crippen molar-refractivity contribution >= 4 is 15.9 Å². The van der Waals surface area contributed by atoms with E-state index in [4.69, 9.17) is 10.6 Å². The highest BCUT2D eigenvalue weighted by atomic mass is 79.9. The fourth-order valence-corrected chi connectivity index (χ4v) is 2.15. The molecule has 1 heterocycles. The van der Waals surface area contributed by atoms with Gasteiger partial charge in [0.25, 0.3) is 0 Å². The highest BCUT2D eigenvalue weighted by Crippen LogP contribution is 2.25. The third kappa shape index (κ3) is 3.09. The summed E-state index contributed by atoms with van der Waals surface area (Å²) in [4.78, 5) is 8.18. The predicted molar refractivity (Wildman–Crippen MR) is 76.6 cm³/mol. The summed E-state index contributed by atoms with van der Waals surface area (Å²) in [6.45, 7) is 2.04. The molecule has 0 saturated carbocycles. The fraction of sp³-hybridized carbons (Fsp3) is 0.231. The van der Waals surface area contributed by atoms with Crippen molar-refractivity contribution in [2.45, 2.75) is 13.0 Å². The number of ether oxygens (including phenoxy) is 1. The third-order valence-corrected chi connectivity index (χ3v) is 3.71. The van der Waals surface area contributed by atoms with Gasteiger partial charge in [-0.25, -0.2) is 15.4 Å². The average molecular weight is 323 g/mol. The van der Waals surface area contributed by atoms with Crippen LogP contribution >= 0.6 is 15.9 Å². The van der Waals surface area contributed by atoms with Gasteiger partial charge in [-0.05, 0) is 24.1 Å². The number of halogens is 1. The monoisotopic (exact) mass is 322 g/mol. The Morgan fingerprint density at radius 3 is 2.47 bits per heavy atom. The maximum Gasteiger partial charge on any atom is 0.316 e. The fourth-order valence-electron chi connectivity index (χ4n) is 1.75. The van der Waals surface area contributed by atoms with Crippen molar-refractivity contribution in [1.82, 2.24) is 15.4 Å². The second kappa shape index (κ2) is 6.10. The van der Waals surface area contributed by atoms with E-state index < -0.39 is 0 Å². The molecule has 0 spiro atoms. The first-order valence-corrected chi connectivity index (χ1v) is 6.53. The molecule has 0 aliphatic carbocycles. The molecule has 0 radical (unpaired) electrons. The van der Waals surface area contributed by atoms with Crippen LogP contribution in [0.2, 0.25) is 0 Å². The molecule has 1 unspecified atom stereocenters. The Bertz CT molecular complexity index is 559. The van der Waals surface area contributed by atoms with E-state index in [0.29, 0.717) is 6.01 Å². The summed E-state index contributed by atoms with van der Waals surface area (Å²) in [5.74, 6) is 5.64. The Balaban J connectivity index is 2.34. The Hall–Kier alpha value is -1.50. The van der Waals surface area contributed by atoms with E-state index in [2.05, 4.69) is 31.3 Å². The van der Waals surface area contributed by atoms with Gasteiger partial charge in [0.1, 0.15) is 0 Å². The minimum absolute atomic E-state index is 0.164. The lowest BCUT2D eigenvalue weighted by Gasteiger charge is -2.17. The van der Waals surface area contributed by atoms with E-state index in [-0.39, 0.29) is 6.04 Å². The number of hydrazine groups is 1. The average Bonchev–Trinajstić information content (AvgIpc) is 2.44. The molecule has 6 heteroatoms. The molecule has 0 amide bonds. The molecular weight excluding hydrogens is 308 g/mol. The van der Waals surface area contributed by atoms with Crippen LogP contribution in [0.15, 0.2) is 35.1 Å². The van der Waals surface area contributed by atoms with Gasteiger partial charge in [0, 0.05) is 22.4 Å². The molecule has 0 fully saturated rings. The number of methoxy groups -OCH3 is 1. The number of nitrogens with zero attached hydrogens (tertiary/aromatic N) is 2. The summed E-state index contributed by atoms with van der Waals surface area (Å²) in [5.41, 5.74) is 5.86. The molecule has 1 aromatic carbocycles. The Labute approximate surface area is 120 Å². The largest absolute Gasteiger partial charge is 0.467 e. The van der Waals surface area contributed by atoms with Gasteiger partial charge in [0.2, 0.25) is 0 Å². The van der Waals surface area contributed by atoms with Crippen molar-refractivity contribution in [2.24, 2.45) is 5.84 Å². The lowest BCUT2D eigenvalue weighted by molar-refractivity contribution is 0.378. The lowest BCUT2D eigenvalue weighted by Crippen LogP contribution is -2.29. The van der Waals surface area contributed by atoms with E-state index in [0.717, 1.165) is 15.6 Å². The summed E-state index contributed by atoms with van der Waals surface area (Å²) < 4.78 is 5.98. The highest BCUT2D eigenvalue weighted by Gasteiger charge is 2.14. The molecule has 0 aliphatic rings. The maximum atomic E-state index is 5.64. The predicted octanol–water partition coefficient (Wildman–Crippen LogP) is 2.11. The van der Waals surface area contributed by atoms with Crippen LogP contribution in [-0.4, -0.2) is 17.1 Å². The Morgan fingerprint density at radius 2 is 1.95 bits per heavy atom. The van der Waals surface area contributed by atoms with Gasteiger partial charge in [-0.1, -0.05) is 28.1 Å². The van der Waals surface area contributed by atoms with Gasteiger partial charge in [0.15, 0.2) is 0 Å².